The van der Waals surface area contributed by atoms with Gasteiger partial charge in [-0.3, -0.25) is 0 Å². The van der Waals surface area contributed by atoms with Crippen molar-refractivity contribution in [1.82, 2.24) is 9.62 Å². The lowest BCUT2D eigenvalue weighted by molar-refractivity contribution is -0.0156. The van der Waals surface area contributed by atoms with Crippen LogP contribution in [0.15, 0.2) is 29.2 Å². The Morgan fingerprint density at radius 2 is 2.29 bits per heavy atom. The zero-order chi connectivity index (χ0) is 15.5. The molecule has 6 nitrogen and oxygen atoms in total. The van der Waals surface area contributed by atoms with E-state index in [2.05, 4.69) is 9.62 Å². The van der Waals surface area contributed by atoms with Gasteiger partial charge in [-0.1, -0.05) is 12.1 Å². The van der Waals surface area contributed by atoms with Gasteiger partial charge in [-0.15, -0.1) is 0 Å². The monoisotopic (exact) mass is 313 g/mol. The third-order valence-corrected chi connectivity index (χ3v) is 4.96. The van der Waals surface area contributed by atoms with E-state index >= 15 is 0 Å². The van der Waals surface area contributed by atoms with Crippen molar-refractivity contribution < 1.29 is 13.2 Å². The van der Waals surface area contributed by atoms with E-state index in [0.29, 0.717) is 6.61 Å². The number of likely N-dealkylation sites (N-methyl/N-ethyl adjacent to an activating group) is 1. The maximum absolute atomic E-state index is 12.3. The molecule has 2 atom stereocenters. The van der Waals surface area contributed by atoms with Crippen molar-refractivity contribution in [2.24, 2.45) is 5.73 Å². The third kappa shape index (κ3) is 4.49. The summed E-state index contributed by atoms with van der Waals surface area (Å²) >= 11 is 0. The molecule has 0 aromatic heterocycles. The largest absolute Gasteiger partial charge is 0.374 e. The van der Waals surface area contributed by atoms with Gasteiger partial charge in [0.15, 0.2) is 0 Å². The topological polar surface area (TPSA) is 84.7 Å². The maximum Gasteiger partial charge on any atom is 0.240 e. The summed E-state index contributed by atoms with van der Waals surface area (Å²) in [6, 6.07) is 6.51. The van der Waals surface area contributed by atoms with Crippen LogP contribution in [0.2, 0.25) is 0 Å². The van der Waals surface area contributed by atoms with E-state index in [1.807, 2.05) is 20.0 Å². The molecule has 21 heavy (non-hydrogen) atoms. The van der Waals surface area contributed by atoms with Crippen LogP contribution in [0.3, 0.4) is 0 Å². The van der Waals surface area contributed by atoms with Gasteiger partial charge in [0, 0.05) is 25.7 Å². The Morgan fingerprint density at radius 1 is 1.52 bits per heavy atom. The highest BCUT2D eigenvalue weighted by atomic mass is 32.2. The van der Waals surface area contributed by atoms with Gasteiger partial charge in [0.05, 0.1) is 17.6 Å². The molecule has 3 N–H and O–H groups in total. The summed E-state index contributed by atoms with van der Waals surface area (Å²) in [6.07, 6.45) is -0.116. The average molecular weight is 313 g/mol. The number of nitrogens with two attached hydrogens (primary N) is 1. The van der Waals surface area contributed by atoms with Crippen molar-refractivity contribution in [2.75, 3.05) is 33.3 Å². The van der Waals surface area contributed by atoms with E-state index in [-0.39, 0.29) is 23.6 Å². The number of nitrogens with one attached hydrogen (secondary N) is 1. The number of ether oxygens (including phenoxy) is 1. The lowest BCUT2D eigenvalue weighted by atomic mass is 10.1. The predicted octanol–water partition coefficient (Wildman–Crippen LogP) is 0.315. The van der Waals surface area contributed by atoms with Crippen molar-refractivity contribution in [3.8, 4) is 0 Å². The number of morpholine rings is 1. The lowest BCUT2D eigenvalue weighted by Crippen LogP contribution is -2.45. The summed E-state index contributed by atoms with van der Waals surface area (Å²) < 4.78 is 32.8. The molecule has 1 aromatic carbocycles. The van der Waals surface area contributed by atoms with Gasteiger partial charge in [0.25, 0.3) is 0 Å². The average Bonchev–Trinajstić information content (AvgIpc) is 2.45. The fourth-order valence-corrected chi connectivity index (χ4v) is 3.36. The van der Waals surface area contributed by atoms with Crippen molar-refractivity contribution >= 4 is 10.0 Å². The number of hydrogen-bond acceptors (Lipinski definition) is 5. The van der Waals surface area contributed by atoms with Crippen LogP contribution in [0.5, 0.6) is 0 Å². The van der Waals surface area contributed by atoms with Gasteiger partial charge < -0.3 is 15.4 Å². The van der Waals surface area contributed by atoms with Gasteiger partial charge in [-0.2, -0.15) is 0 Å². The van der Waals surface area contributed by atoms with E-state index < -0.39 is 10.0 Å². The summed E-state index contributed by atoms with van der Waals surface area (Å²) in [7, 11) is -1.54. The van der Waals surface area contributed by atoms with E-state index in [4.69, 9.17) is 10.5 Å². The van der Waals surface area contributed by atoms with Gasteiger partial charge in [-0.25, -0.2) is 13.1 Å². The number of hydrogen-bond donors (Lipinski definition) is 2. The molecule has 0 saturated carbocycles. The van der Waals surface area contributed by atoms with Crippen LogP contribution >= 0.6 is 0 Å². The van der Waals surface area contributed by atoms with Crippen molar-refractivity contribution in [2.45, 2.75) is 24.0 Å². The summed E-state index contributed by atoms with van der Waals surface area (Å²) in [4.78, 5) is 2.36. The molecule has 1 saturated heterocycles. The molecule has 1 aromatic rings. The van der Waals surface area contributed by atoms with Crippen LogP contribution < -0.4 is 10.5 Å². The number of benzene rings is 1. The lowest BCUT2D eigenvalue weighted by Gasteiger charge is -2.30. The third-order valence-electron chi connectivity index (χ3n) is 3.54. The maximum atomic E-state index is 12.3. The Bertz CT molecular complexity index is 575. The zero-order valence-electron chi connectivity index (χ0n) is 12.5. The molecule has 7 heteroatoms. The normalized spacial score (nSPS) is 22.1. The molecule has 0 amide bonds. The first-order chi connectivity index (χ1) is 9.88. The Morgan fingerprint density at radius 3 is 2.95 bits per heavy atom. The summed E-state index contributed by atoms with van der Waals surface area (Å²) in [5.74, 6) is 0. The molecule has 1 aliphatic rings. The quantitative estimate of drug-likeness (QED) is 0.817. The standard InChI is InChI=1S/C14H23N3O3S/c1-11(15)12-4-3-5-14(8-12)21(18,19)16-9-13-10-17(2)6-7-20-13/h3-5,8,11,13,16H,6-7,9-10,15H2,1-2H3. The molecule has 0 radical (unpaired) electrons. The van der Waals surface area contributed by atoms with Crippen molar-refractivity contribution in [3.05, 3.63) is 29.8 Å². The van der Waals surface area contributed by atoms with Crippen molar-refractivity contribution in [1.29, 1.82) is 0 Å². The van der Waals surface area contributed by atoms with E-state index in [1.54, 1.807) is 18.2 Å². The predicted molar refractivity (Wildman–Crippen MR) is 81.5 cm³/mol. The highest BCUT2D eigenvalue weighted by Crippen LogP contribution is 2.16. The highest BCUT2D eigenvalue weighted by molar-refractivity contribution is 7.89. The van der Waals surface area contributed by atoms with Crippen LogP contribution in [0.1, 0.15) is 18.5 Å². The molecule has 1 aliphatic heterocycles. The smallest absolute Gasteiger partial charge is 0.240 e. The Labute approximate surface area is 126 Å². The number of sulfonamides is 1. The van der Waals surface area contributed by atoms with Crippen LogP contribution in [0.4, 0.5) is 0 Å². The molecular weight excluding hydrogens is 290 g/mol. The van der Waals surface area contributed by atoms with Crippen LogP contribution in [-0.2, 0) is 14.8 Å². The second-order valence-corrected chi connectivity index (χ2v) is 7.24. The molecule has 1 heterocycles. The molecule has 2 rings (SSSR count). The minimum atomic E-state index is -3.54. The summed E-state index contributed by atoms with van der Waals surface area (Å²) in [6.45, 7) is 4.32. The Balaban J connectivity index is 2.03. The van der Waals surface area contributed by atoms with Crippen LogP contribution in [0, 0.1) is 0 Å². The molecule has 1 fully saturated rings. The first-order valence-electron chi connectivity index (χ1n) is 7.04. The number of rotatable bonds is 5. The highest BCUT2D eigenvalue weighted by Gasteiger charge is 2.21. The van der Waals surface area contributed by atoms with Crippen LogP contribution in [-0.4, -0.2) is 52.7 Å². The Hall–Kier alpha value is -0.990. The van der Waals surface area contributed by atoms with Crippen LogP contribution in [0.25, 0.3) is 0 Å². The van der Waals surface area contributed by atoms with Gasteiger partial charge in [0.1, 0.15) is 0 Å². The molecule has 2 unspecified atom stereocenters. The van der Waals surface area contributed by atoms with Gasteiger partial charge in [-0.05, 0) is 31.7 Å². The SMILES string of the molecule is CC(N)c1cccc(S(=O)(=O)NCC2CN(C)CCO2)c1. The first-order valence-corrected chi connectivity index (χ1v) is 8.52. The summed E-state index contributed by atoms with van der Waals surface area (Å²) in [5.41, 5.74) is 6.59. The minimum absolute atomic E-state index is 0.116. The van der Waals surface area contributed by atoms with Gasteiger partial charge >= 0.3 is 0 Å². The fraction of sp³-hybridized carbons (Fsp3) is 0.571. The second-order valence-electron chi connectivity index (χ2n) is 5.47. The molecule has 0 aliphatic carbocycles. The Kier molecular flexibility index (Phi) is 5.34. The van der Waals surface area contributed by atoms with E-state index in [9.17, 15) is 8.42 Å². The fourth-order valence-electron chi connectivity index (χ4n) is 2.24. The van der Waals surface area contributed by atoms with Crippen molar-refractivity contribution in [3.63, 3.8) is 0 Å². The van der Waals surface area contributed by atoms with Gasteiger partial charge in [0.2, 0.25) is 10.0 Å². The second kappa shape index (κ2) is 6.85. The summed E-state index contributed by atoms with van der Waals surface area (Å²) in [5, 5.41) is 0. The molecule has 118 valence electrons. The molecular formula is C14H23N3O3S. The zero-order valence-corrected chi connectivity index (χ0v) is 13.3. The molecule has 0 bridgehead atoms. The molecule has 0 spiro atoms. The van der Waals surface area contributed by atoms with E-state index in [1.165, 1.54) is 0 Å². The first kappa shape index (κ1) is 16.4. The number of nitrogens with zero attached hydrogens (tertiary/aromatic N) is 1. The minimum Gasteiger partial charge on any atom is -0.374 e. The van der Waals surface area contributed by atoms with E-state index in [0.717, 1.165) is 18.7 Å².